The van der Waals surface area contributed by atoms with Gasteiger partial charge in [-0.15, -0.1) is 11.3 Å². The number of aromatic nitrogens is 3. The molecule has 2 heterocycles. The van der Waals surface area contributed by atoms with Gasteiger partial charge in [0.05, 0.1) is 11.2 Å². The summed E-state index contributed by atoms with van der Waals surface area (Å²) in [7, 11) is 1.77. The second-order valence-electron chi connectivity index (χ2n) is 12.5. The number of thiophene rings is 1. The molecule has 0 bridgehead atoms. The van der Waals surface area contributed by atoms with Crippen LogP contribution >= 0.6 is 11.3 Å². The van der Waals surface area contributed by atoms with E-state index in [1.165, 1.54) is 0 Å². The highest BCUT2D eigenvalue weighted by molar-refractivity contribution is 7.27. The summed E-state index contributed by atoms with van der Waals surface area (Å²) in [6.07, 6.45) is 0. The minimum atomic E-state index is -1.00. The molecule has 2 aromatic heterocycles. The molecule has 46 heavy (non-hydrogen) atoms. The lowest BCUT2D eigenvalue weighted by Gasteiger charge is -2.37. The molecule has 0 unspecified atom stereocenters. The van der Waals surface area contributed by atoms with Crippen LogP contribution in [0.1, 0.15) is 27.7 Å². The fraction of sp³-hybridized carbons (Fsp3) is 0.154. The molecule has 0 fully saturated rings. The van der Waals surface area contributed by atoms with Gasteiger partial charge in [-0.2, -0.15) is 0 Å². The molecule has 7 rings (SSSR count). The van der Waals surface area contributed by atoms with Gasteiger partial charge in [-0.25, -0.2) is 15.0 Å². The van der Waals surface area contributed by atoms with Gasteiger partial charge in [-0.3, -0.25) is 0 Å². The summed E-state index contributed by atoms with van der Waals surface area (Å²) < 4.78 is 8.42. The number of hydrogen-bond donors (Lipinski definition) is 1. The Labute approximate surface area is 273 Å². The Morgan fingerprint density at radius 3 is 1.80 bits per heavy atom. The first kappa shape index (κ1) is 30.0. The van der Waals surface area contributed by atoms with Crippen molar-refractivity contribution in [1.29, 1.82) is 0 Å². The summed E-state index contributed by atoms with van der Waals surface area (Å²) in [5, 5.41) is 12.8. The zero-order valence-electron chi connectivity index (χ0n) is 26.2. The van der Waals surface area contributed by atoms with Crippen molar-refractivity contribution in [3.05, 3.63) is 121 Å². The zero-order valence-corrected chi connectivity index (χ0v) is 27.0. The van der Waals surface area contributed by atoms with E-state index in [-0.39, 0.29) is 0 Å². The first-order chi connectivity index (χ1) is 22.2. The van der Waals surface area contributed by atoms with Gasteiger partial charge in [-0.1, -0.05) is 97.1 Å². The maximum atomic E-state index is 10.6. The maximum absolute atomic E-state index is 10.6. The fourth-order valence-electron chi connectivity index (χ4n) is 5.23. The average molecular weight is 619 g/mol. The molecule has 0 atom stereocenters. The van der Waals surface area contributed by atoms with Gasteiger partial charge in [0.1, 0.15) is 0 Å². The van der Waals surface area contributed by atoms with E-state index in [9.17, 15) is 5.11 Å². The lowest BCUT2D eigenvalue weighted by Crippen LogP contribution is -2.49. The molecule has 0 saturated carbocycles. The molecule has 0 aliphatic heterocycles. The highest BCUT2D eigenvalue weighted by Gasteiger charge is 2.36. The predicted octanol–water partition coefficient (Wildman–Crippen LogP) is 8.72. The fourth-order valence-corrected chi connectivity index (χ4v) is 6.38. The van der Waals surface area contributed by atoms with Crippen LogP contribution in [0.4, 0.5) is 0 Å². The molecule has 5 nitrogen and oxygen atoms in total. The normalized spacial score (nSPS) is 12.1. The number of aliphatic hydroxyl groups is 1. The number of benzene rings is 5. The molecule has 0 aliphatic carbocycles. The Morgan fingerprint density at radius 2 is 1.13 bits per heavy atom. The SMILES string of the molecule is CC(C)(O)C(C)(C)O[B]c1cccc2c1sc1ccc(-c3nc(-c4ccccc4)nc(-c4cccc(-c5ccccc5)c4)n3)cc12. The Hall–Kier alpha value is -4.69. The van der Waals surface area contributed by atoms with Crippen LogP contribution in [-0.2, 0) is 4.65 Å². The van der Waals surface area contributed by atoms with Crippen LogP contribution in [0.5, 0.6) is 0 Å². The van der Waals surface area contributed by atoms with E-state index in [0.717, 1.165) is 53.5 Å². The van der Waals surface area contributed by atoms with E-state index >= 15 is 0 Å². The summed E-state index contributed by atoms with van der Waals surface area (Å²) in [6.45, 7) is 7.31. The lowest BCUT2D eigenvalue weighted by molar-refractivity contribution is -0.0893. The predicted molar refractivity (Wildman–Crippen MR) is 191 cm³/mol. The van der Waals surface area contributed by atoms with E-state index in [0.29, 0.717) is 17.5 Å². The monoisotopic (exact) mass is 618 g/mol. The molecular weight excluding hydrogens is 585 g/mol. The van der Waals surface area contributed by atoms with Crippen molar-refractivity contribution in [3.8, 4) is 45.3 Å². The zero-order chi connectivity index (χ0) is 31.9. The largest absolute Gasteiger partial charge is 0.427 e. The quantitative estimate of drug-likeness (QED) is 0.173. The van der Waals surface area contributed by atoms with Crippen LogP contribution in [0, 0.1) is 0 Å². The highest BCUT2D eigenvalue weighted by Crippen LogP contribution is 2.36. The van der Waals surface area contributed by atoms with Crippen LogP contribution in [0.3, 0.4) is 0 Å². The molecule has 7 aromatic rings. The van der Waals surface area contributed by atoms with Crippen LogP contribution in [-0.4, -0.2) is 38.7 Å². The van der Waals surface area contributed by atoms with E-state index in [1.807, 2.05) is 80.6 Å². The van der Waals surface area contributed by atoms with Gasteiger partial charge in [0.15, 0.2) is 17.5 Å². The van der Waals surface area contributed by atoms with E-state index in [1.54, 1.807) is 32.7 Å². The highest BCUT2D eigenvalue weighted by atomic mass is 32.1. The summed E-state index contributed by atoms with van der Waals surface area (Å²) in [5.74, 6) is 1.87. The van der Waals surface area contributed by atoms with Crippen LogP contribution in [0.25, 0.3) is 65.5 Å². The van der Waals surface area contributed by atoms with Gasteiger partial charge in [0.25, 0.3) is 0 Å². The summed E-state index contributed by atoms with van der Waals surface area (Å²) in [6, 6.07) is 41.4. The van der Waals surface area contributed by atoms with Crippen molar-refractivity contribution in [2.24, 2.45) is 0 Å². The van der Waals surface area contributed by atoms with Gasteiger partial charge in [-0.05, 0) is 73.9 Å². The smallest absolute Gasteiger partial charge is 0.332 e. The number of rotatable bonds is 8. The van der Waals surface area contributed by atoms with Crippen molar-refractivity contribution in [2.45, 2.75) is 38.9 Å². The van der Waals surface area contributed by atoms with E-state index in [2.05, 4.69) is 54.6 Å². The standard InChI is InChI=1S/C39H33BN3O2S/c1-38(2,44)39(3,4)45-40-32-20-12-19-30-31-24-29(21-22-33(31)46-34(30)32)37-42-35(26-15-9-6-10-16-26)41-36(43-37)28-18-11-17-27(23-28)25-13-7-5-8-14-25/h5-24,44H,1-4H3. The van der Waals surface area contributed by atoms with Gasteiger partial charge in [0.2, 0.25) is 0 Å². The second kappa shape index (κ2) is 11.9. The minimum absolute atomic E-state index is 0.619. The number of nitrogens with zero attached hydrogens (tertiary/aromatic N) is 3. The Kier molecular flexibility index (Phi) is 7.77. The van der Waals surface area contributed by atoms with E-state index < -0.39 is 11.2 Å². The maximum Gasteiger partial charge on any atom is 0.332 e. The third-order valence-corrected chi connectivity index (χ3v) is 9.87. The minimum Gasteiger partial charge on any atom is -0.427 e. The third-order valence-electron chi connectivity index (χ3n) is 8.63. The molecule has 5 aromatic carbocycles. The first-order valence-corrected chi connectivity index (χ1v) is 16.1. The molecule has 0 amide bonds. The molecule has 1 radical (unpaired) electrons. The Morgan fingerprint density at radius 1 is 0.565 bits per heavy atom. The van der Waals surface area contributed by atoms with Crippen molar-refractivity contribution < 1.29 is 9.76 Å². The molecule has 0 aliphatic rings. The molecule has 7 heteroatoms. The Balaban J connectivity index is 1.32. The summed E-state index contributed by atoms with van der Waals surface area (Å²) >= 11 is 1.72. The van der Waals surface area contributed by atoms with Crippen molar-refractivity contribution in [1.82, 2.24) is 15.0 Å². The Bertz CT molecular complexity index is 2170. The van der Waals surface area contributed by atoms with E-state index in [4.69, 9.17) is 19.6 Å². The molecule has 0 spiro atoms. The van der Waals surface area contributed by atoms with Crippen LogP contribution < -0.4 is 5.46 Å². The van der Waals surface area contributed by atoms with Gasteiger partial charge >= 0.3 is 7.48 Å². The molecular formula is C39H33BN3O2S. The topological polar surface area (TPSA) is 68.1 Å². The lowest BCUT2D eigenvalue weighted by atomic mass is 9.82. The number of fused-ring (bicyclic) bond motifs is 3. The molecule has 1 N–H and O–H groups in total. The van der Waals surface area contributed by atoms with Crippen molar-refractivity contribution in [2.75, 3.05) is 0 Å². The van der Waals surface area contributed by atoms with Crippen molar-refractivity contribution >= 4 is 44.5 Å². The molecule has 225 valence electrons. The van der Waals surface area contributed by atoms with Gasteiger partial charge < -0.3 is 9.76 Å². The summed E-state index contributed by atoms with van der Waals surface area (Å²) in [4.78, 5) is 15.0. The first-order valence-electron chi connectivity index (χ1n) is 15.3. The van der Waals surface area contributed by atoms with Crippen molar-refractivity contribution in [3.63, 3.8) is 0 Å². The number of hydrogen-bond acceptors (Lipinski definition) is 6. The third kappa shape index (κ3) is 5.85. The molecule has 0 saturated heterocycles. The average Bonchev–Trinajstić information content (AvgIpc) is 3.46. The van der Waals surface area contributed by atoms with Gasteiger partial charge in [0, 0.05) is 31.5 Å². The van der Waals surface area contributed by atoms with Crippen LogP contribution in [0.2, 0.25) is 0 Å². The van der Waals surface area contributed by atoms with Crippen LogP contribution in [0.15, 0.2) is 121 Å². The second-order valence-corrected chi connectivity index (χ2v) is 13.5. The summed E-state index contributed by atoms with van der Waals surface area (Å²) in [5.41, 5.74) is 4.24.